The molecule has 0 fully saturated rings. The number of benzene rings is 1. The standard InChI is InChI=1S/C19H19BrN2O4/c1-11-7-12(2)22-19(24)14(11)10-21-18(23)13-8-15(20)17-16(9-13)25-5-3-4-6-26-17/h3-4,7-9,14H,5-6,10H2,1-2H3,(H,21,23)/b4-3-. The number of carbonyl (C=O) groups is 2. The molecule has 0 radical (unpaired) electrons. The highest BCUT2D eigenvalue weighted by Gasteiger charge is 2.24. The molecular formula is C19H19BrN2O4. The molecule has 2 aliphatic heterocycles. The maximum Gasteiger partial charge on any atom is 0.254 e. The minimum absolute atomic E-state index is 0.200. The predicted molar refractivity (Wildman–Crippen MR) is 102 cm³/mol. The van der Waals surface area contributed by atoms with Gasteiger partial charge in [-0.15, -0.1) is 0 Å². The molecule has 136 valence electrons. The van der Waals surface area contributed by atoms with Gasteiger partial charge in [0.1, 0.15) is 13.2 Å². The summed E-state index contributed by atoms with van der Waals surface area (Å²) >= 11 is 3.42. The first-order valence-corrected chi connectivity index (χ1v) is 9.04. The SMILES string of the molecule is CC1=CC(C)=NC(=O)C1CNC(=O)c1cc(Br)c2c(c1)OC/C=C\CO2. The van der Waals surface area contributed by atoms with E-state index in [0.29, 0.717) is 40.5 Å². The Hall–Kier alpha value is -2.41. The van der Waals surface area contributed by atoms with Crippen LogP contribution in [0.25, 0.3) is 0 Å². The fraction of sp³-hybridized carbons (Fsp3) is 0.316. The highest BCUT2D eigenvalue weighted by atomic mass is 79.9. The van der Waals surface area contributed by atoms with E-state index in [0.717, 1.165) is 5.57 Å². The van der Waals surface area contributed by atoms with E-state index in [1.807, 2.05) is 25.2 Å². The van der Waals surface area contributed by atoms with E-state index in [2.05, 4.69) is 26.2 Å². The van der Waals surface area contributed by atoms with Gasteiger partial charge in [-0.05, 0) is 60.1 Å². The van der Waals surface area contributed by atoms with Gasteiger partial charge in [0.25, 0.3) is 11.8 Å². The Balaban J connectivity index is 1.73. The van der Waals surface area contributed by atoms with Crippen molar-refractivity contribution in [2.45, 2.75) is 13.8 Å². The number of nitrogens with zero attached hydrogens (tertiary/aromatic N) is 1. The number of hydrogen-bond acceptors (Lipinski definition) is 4. The topological polar surface area (TPSA) is 77.0 Å². The molecule has 0 spiro atoms. The van der Waals surface area contributed by atoms with Gasteiger partial charge >= 0.3 is 0 Å². The number of hydrogen-bond donors (Lipinski definition) is 1. The number of rotatable bonds is 3. The predicted octanol–water partition coefficient (Wildman–Crippen LogP) is 3.07. The van der Waals surface area contributed by atoms with Gasteiger partial charge in [-0.2, -0.15) is 0 Å². The van der Waals surface area contributed by atoms with Crippen LogP contribution in [0.5, 0.6) is 11.5 Å². The first kappa shape index (κ1) is 18.4. The van der Waals surface area contributed by atoms with Crippen LogP contribution in [0.3, 0.4) is 0 Å². The zero-order chi connectivity index (χ0) is 18.7. The summed E-state index contributed by atoms with van der Waals surface area (Å²) < 4.78 is 11.9. The van der Waals surface area contributed by atoms with E-state index >= 15 is 0 Å². The summed E-state index contributed by atoms with van der Waals surface area (Å²) in [6.07, 6.45) is 5.59. The van der Waals surface area contributed by atoms with Crippen molar-refractivity contribution in [1.82, 2.24) is 5.32 Å². The zero-order valence-corrected chi connectivity index (χ0v) is 16.1. The largest absolute Gasteiger partial charge is 0.486 e. The van der Waals surface area contributed by atoms with Crippen molar-refractivity contribution in [2.75, 3.05) is 19.8 Å². The summed E-state index contributed by atoms with van der Waals surface area (Å²) in [4.78, 5) is 28.6. The first-order chi connectivity index (χ1) is 12.5. The molecule has 3 rings (SSSR count). The monoisotopic (exact) mass is 418 g/mol. The van der Waals surface area contributed by atoms with Crippen molar-refractivity contribution in [3.05, 3.63) is 46.0 Å². The van der Waals surface area contributed by atoms with E-state index in [4.69, 9.17) is 9.47 Å². The third kappa shape index (κ3) is 4.04. The van der Waals surface area contributed by atoms with Crippen molar-refractivity contribution < 1.29 is 19.1 Å². The van der Waals surface area contributed by atoms with E-state index < -0.39 is 5.92 Å². The number of amides is 2. The van der Waals surface area contributed by atoms with E-state index in [-0.39, 0.29) is 18.4 Å². The Kier molecular flexibility index (Phi) is 5.56. The fourth-order valence-electron chi connectivity index (χ4n) is 2.81. The maximum atomic E-state index is 12.5. The fourth-order valence-corrected chi connectivity index (χ4v) is 3.36. The van der Waals surface area contributed by atoms with Crippen LogP contribution in [0.1, 0.15) is 24.2 Å². The number of nitrogens with one attached hydrogen (secondary N) is 1. The average molecular weight is 419 g/mol. The van der Waals surface area contributed by atoms with Crippen LogP contribution in [0.15, 0.2) is 45.4 Å². The zero-order valence-electron chi connectivity index (χ0n) is 14.5. The summed E-state index contributed by atoms with van der Waals surface area (Å²) in [7, 11) is 0. The van der Waals surface area contributed by atoms with Crippen molar-refractivity contribution >= 4 is 33.5 Å². The first-order valence-electron chi connectivity index (χ1n) is 8.25. The van der Waals surface area contributed by atoms with Gasteiger partial charge < -0.3 is 14.8 Å². The maximum absolute atomic E-state index is 12.5. The Morgan fingerprint density at radius 2 is 2.00 bits per heavy atom. The van der Waals surface area contributed by atoms with Crippen LogP contribution in [0, 0.1) is 5.92 Å². The molecule has 1 N–H and O–H groups in total. The van der Waals surface area contributed by atoms with Crippen molar-refractivity contribution in [1.29, 1.82) is 0 Å². The molecule has 0 aromatic heterocycles. The molecule has 1 aromatic rings. The number of ether oxygens (including phenoxy) is 2. The van der Waals surface area contributed by atoms with Crippen LogP contribution in [-0.2, 0) is 4.79 Å². The molecule has 1 atom stereocenters. The lowest BCUT2D eigenvalue weighted by Crippen LogP contribution is -2.34. The summed E-state index contributed by atoms with van der Waals surface area (Å²) in [6.45, 7) is 4.70. The van der Waals surface area contributed by atoms with Gasteiger partial charge in [0.15, 0.2) is 11.5 Å². The lowest BCUT2D eigenvalue weighted by atomic mass is 9.95. The van der Waals surface area contributed by atoms with Gasteiger partial charge in [0, 0.05) is 17.8 Å². The van der Waals surface area contributed by atoms with Crippen LogP contribution >= 0.6 is 15.9 Å². The Morgan fingerprint density at radius 1 is 1.27 bits per heavy atom. The van der Waals surface area contributed by atoms with Gasteiger partial charge in [-0.25, -0.2) is 4.99 Å². The summed E-state index contributed by atoms with van der Waals surface area (Å²) in [5.41, 5.74) is 2.01. The molecular weight excluding hydrogens is 400 g/mol. The molecule has 7 heteroatoms. The average Bonchev–Trinajstić information content (AvgIpc) is 2.54. The molecule has 2 aliphatic rings. The molecule has 0 aliphatic carbocycles. The minimum atomic E-state index is -0.430. The van der Waals surface area contributed by atoms with Gasteiger partial charge in [-0.3, -0.25) is 9.59 Å². The minimum Gasteiger partial charge on any atom is -0.486 e. The molecule has 26 heavy (non-hydrogen) atoms. The van der Waals surface area contributed by atoms with Crippen molar-refractivity contribution in [3.8, 4) is 11.5 Å². The summed E-state index contributed by atoms with van der Waals surface area (Å²) in [5, 5.41) is 2.81. The third-order valence-corrected chi connectivity index (χ3v) is 4.72. The number of carbonyl (C=O) groups excluding carboxylic acids is 2. The summed E-state index contributed by atoms with van der Waals surface area (Å²) in [6, 6.07) is 3.32. The van der Waals surface area contributed by atoms with E-state index in [9.17, 15) is 9.59 Å². The van der Waals surface area contributed by atoms with Crippen LogP contribution in [0.4, 0.5) is 0 Å². The lowest BCUT2D eigenvalue weighted by Gasteiger charge is -2.19. The van der Waals surface area contributed by atoms with E-state index in [1.165, 1.54) is 0 Å². The molecule has 0 saturated heterocycles. The van der Waals surface area contributed by atoms with E-state index in [1.54, 1.807) is 19.1 Å². The molecule has 2 heterocycles. The lowest BCUT2D eigenvalue weighted by molar-refractivity contribution is -0.120. The Morgan fingerprint density at radius 3 is 2.73 bits per heavy atom. The molecule has 1 unspecified atom stereocenters. The molecule has 0 saturated carbocycles. The van der Waals surface area contributed by atoms with Crippen LogP contribution in [-0.4, -0.2) is 37.3 Å². The smallest absolute Gasteiger partial charge is 0.254 e. The van der Waals surface area contributed by atoms with Gasteiger partial charge in [-0.1, -0.05) is 5.57 Å². The molecule has 6 nitrogen and oxygen atoms in total. The molecule has 1 aromatic carbocycles. The highest BCUT2D eigenvalue weighted by Crippen LogP contribution is 2.37. The number of halogens is 1. The highest BCUT2D eigenvalue weighted by molar-refractivity contribution is 9.10. The Labute approximate surface area is 160 Å². The Bertz CT molecular complexity index is 842. The third-order valence-electron chi connectivity index (χ3n) is 4.13. The number of dihydropyridines is 1. The second-order valence-corrected chi connectivity index (χ2v) is 6.98. The van der Waals surface area contributed by atoms with Crippen LogP contribution < -0.4 is 14.8 Å². The quantitative estimate of drug-likeness (QED) is 0.765. The van der Waals surface area contributed by atoms with Crippen molar-refractivity contribution in [2.24, 2.45) is 10.9 Å². The van der Waals surface area contributed by atoms with Gasteiger partial charge in [0.2, 0.25) is 0 Å². The van der Waals surface area contributed by atoms with Crippen LogP contribution in [0.2, 0.25) is 0 Å². The van der Waals surface area contributed by atoms with Crippen molar-refractivity contribution in [3.63, 3.8) is 0 Å². The number of allylic oxidation sites excluding steroid dienone is 1. The normalized spacial score (nSPS) is 20.4. The second-order valence-electron chi connectivity index (χ2n) is 6.12. The number of aliphatic imine (C=N–C) groups is 1. The summed E-state index contributed by atoms with van der Waals surface area (Å²) in [5.74, 6) is 0.114. The molecule has 0 bridgehead atoms. The second kappa shape index (κ2) is 7.86. The van der Waals surface area contributed by atoms with Gasteiger partial charge in [0.05, 0.1) is 10.4 Å². The number of fused-ring (bicyclic) bond motifs is 1. The molecule has 2 amide bonds.